The third kappa shape index (κ3) is 5.06. The molecule has 1 aliphatic heterocycles. The fraction of sp³-hybridized carbons (Fsp3) is 0.464. The summed E-state index contributed by atoms with van der Waals surface area (Å²) in [7, 11) is 0. The molecule has 9 nitrogen and oxygen atoms in total. The van der Waals surface area contributed by atoms with Crippen molar-refractivity contribution >= 4 is 10.9 Å². The molecular weight excluding hydrogens is 466 g/mol. The zero-order valence-electron chi connectivity index (χ0n) is 21.2. The van der Waals surface area contributed by atoms with Gasteiger partial charge in [-0.05, 0) is 77.7 Å². The molecule has 37 heavy (non-hydrogen) atoms. The van der Waals surface area contributed by atoms with Gasteiger partial charge in [0.2, 0.25) is 0 Å². The van der Waals surface area contributed by atoms with Crippen molar-refractivity contribution in [2.75, 3.05) is 13.2 Å². The van der Waals surface area contributed by atoms with E-state index in [1.54, 1.807) is 6.20 Å². The van der Waals surface area contributed by atoms with E-state index in [2.05, 4.69) is 48.6 Å². The minimum atomic E-state index is -0.436. The normalized spacial score (nSPS) is 19.2. The first-order valence-electron chi connectivity index (χ1n) is 13.3. The third-order valence-corrected chi connectivity index (χ3v) is 7.69. The highest BCUT2D eigenvalue weighted by Gasteiger charge is 2.35. The Morgan fingerprint density at radius 3 is 2.84 bits per heavy atom. The maximum Gasteiger partial charge on any atom is 0.253 e. The fourth-order valence-corrected chi connectivity index (χ4v) is 5.86. The lowest BCUT2D eigenvalue weighted by atomic mass is 10.0. The van der Waals surface area contributed by atoms with Crippen molar-refractivity contribution in [1.82, 2.24) is 35.1 Å². The number of aromatic amines is 1. The molecule has 0 bridgehead atoms. The lowest BCUT2D eigenvalue weighted by Gasteiger charge is -2.33. The van der Waals surface area contributed by atoms with Crippen LogP contribution in [0.2, 0.25) is 0 Å². The summed E-state index contributed by atoms with van der Waals surface area (Å²) in [4.78, 5) is 23.5. The van der Waals surface area contributed by atoms with Crippen LogP contribution in [-0.2, 0) is 11.3 Å². The number of aromatic nitrogens is 6. The highest BCUT2D eigenvalue weighted by Crippen LogP contribution is 2.35. The van der Waals surface area contributed by atoms with E-state index in [1.807, 2.05) is 36.0 Å². The minimum Gasteiger partial charge on any atom is -0.377 e. The molecule has 1 aliphatic carbocycles. The molecule has 6 rings (SSSR count). The van der Waals surface area contributed by atoms with Crippen LogP contribution in [0.1, 0.15) is 73.1 Å². The molecule has 4 aromatic rings. The zero-order valence-corrected chi connectivity index (χ0v) is 21.2. The molecule has 192 valence electrons. The number of nitrogens with zero attached hydrogens (tertiary/aromatic N) is 6. The van der Waals surface area contributed by atoms with Gasteiger partial charge in [0.05, 0.1) is 12.1 Å². The van der Waals surface area contributed by atoms with Crippen LogP contribution in [0.15, 0.2) is 53.6 Å². The average molecular weight is 500 g/mol. The summed E-state index contributed by atoms with van der Waals surface area (Å²) in [5.74, 6) is 0.714. The Bertz CT molecular complexity index is 1410. The number of hydrogen-bond acceptors (Lipinski definition) is 7. The predicted octanol–water partition coefficient (Wildman–Crippen LogP) is 4.10. The van der Waals surface area contributed by atoms with Crippen LogP contribution in [-0.4, -0.2) is 54.3 Å². The van der Waals surface area contributed by atoms with E-state index in [9.17, 15) is 4.79 Å². The SMILES string of the molecule is Cc1ccc2cc([C@@H](c3nnnn3C3CCCC3)N(Cc3cccnc3)C[C@H]3CCCO3)c(=O)[nH]c2c1. The molecule has 1 saturated carbocycles. The van der Waals surface area contributed by atoms with Gasteiger partial charge in [0.25, 0.3) is 5.56 Å². The fourth-order valence-electron chi connectivity index (χ4n) is 5.86. The highest BCUT2D eigenvalue weighted by molar-refractivity contribution is 5.79. The number of rotatable bonds is 8. The smallest absolute Gasteiger partial charge is 0.253 e. The summed E-state index contributed by atoms with van der Waals surface area (Å²) < 4.78 is 8.04. The first kappa shape index (κ1) is 23.9. The molecule has 2 fully saturated rings. The van der Waals surface area contributed by atoms with E-state index >= 15 is 0 Å². The maximum absolute atomic E-state index is 13.7. The Kier molecular flexibility index (Phi) is 6.80. The van der Waals surface area contributed by atoms with Crippen LogP contribution in [0.4, 0.5) is 0 Å². The van der Waals surface area contributed by atoms with Crippen molar-refractivity contribution < 1.29 is 4.74 Å². The second kappa shape index (κ2) is 10.5. The van der Waals surface area contributed by atoms with Crippen LogP contribution in [0.25, 0.3) is 10.9 Å². The average Bonchev–Trinajstić information content (AvgIpc) is 3.68. The van der Waals surface area contributed by atoms with Gasteiger partial charge in [0, 0.05) is 43.2 Å². The van der Waals surface area contributed by atoms with Crippen molar-refractivity contribution in [3.8, 4) is 0 Å². The second-order valence-electron chi connectivity index (χ2n) is 10.4. The molecule has 0 unspecified atom stereocenters. The van der Waals surface area contributed by atoms with Crippen molar-refractivity contribution in [3.05, 3.63) is 81.7 Å². The van der Waals surface area contributed by atoms with Gasteiger partial charge < -0.3 is 9.72 Å². The summed E-state index contributed by atoms with van der Waals surface area (Å²) in [6, 6.07) is 12.0. The number of benzene rings is 1. The van der Waals surface area contributed by atoms with Gasteiger partial charge in [0.15, 0.2) is 5.82 Å². The lowest BCUT2D eigenvalue weighted by Crippen LogP contribution is -2.39. The van der Waals surface area contributed by atoms with E-state index in [-0.39, 0.29) is 17.7 Å². The summed E-state index contributed by atoms with van der Waals surface area (Å²) in [5.41, 5.74) is 3.54. The van der Waals surface area contributed by atoms with Crippen molar-refractivity contribution in [2.45, 2.75) is 70.2 Å². The molecule has 1 N–H and O–H groups in total. The van der Waals surface area contributed by atoms with Crippen molar-refractivity contribution in [3.63, 3.8) is 0 Å². The van der Waals surface area contributed by atoms with Crippen molar-refractivity contribution in [2.24, 2.45) is 0 Å². The van der Waals surface area contributed by atoms with E-state index in [0.29, 0.717) is 24.5 Å². The maximum atomic E-state index is 13.7. The highest BCUT2D eigenvalue weighted by atomic mass is 16.5. The molecule has 4 heterocycles. The quantitative estimate of drug-likeness (QED) is 0.389. The molecule has 3 aromatic heterocycles. The number of H-pyrrole nitrogens is 1. The Morgan fingerprint density at radius 2 is 2.05 bits per heavy atom. The van der Waals surface area contributed by atoms with Gasteiger partial charge in [0.1, 0.15) is 6.04 Å². The van der Waals surface area contributed by atoms with Crippen molar-refractivity contribution in [1.29, 1.82) is 0 Å². The molecule has 1 aromatic carbocycles. The second-order valence-corrected chi connectivity index (χ2v) is 10.4. The monoisotopic (exact) mass is 499 g/mol. The first-order valence-corrected chi connectivity index (χ1v) is 13.3. The Morgan fingerprint density at radius 1 is 1.16 bits per heavy atom. The number of hydrogen-bond donors (Lipinski definition) is 1. The van der Waals surface area contributed by atoms with Gasteiger partial charge in [-0.2, -0.15) is 0 Å². The molecule has 9 heteroatoms. The zero-order chi connectivity index (χ0) is 25.2. The summed E-state index contributed by atoms with van der Waals surface area (Å²) in [5, 5.41) is 14.1. The molecule has 0 amide bonds. The third-order valence-electron chi connectivity index (χ3n) is 7.69. The van der Waals surface area contributed by atoms with Gasteiger partial charge in [-0.1, -0.05) is 31.0 Å². The van der Waals surface area contributed by atoms with E-state index < -0.39 is 6.04 Å². The summed E-state index contributed by atoms with van der Waals surface area (Å²) in [6.07, 6.45) is 10.2. The van der Waals surface area contributed by atoms with Crippen LogP contribution >= 0.6 is 0 Å². The van der Waals surface area contributed by atoms with Crippen LogP contribution < -0.4 is 5.56 Å². The number of pyridine rings is 2. The predicted molar refractivity (Wildman–Crippen MR) is 140 cm³/mol. The molecule has 2 atom stereocenters. The topological polar surface area (TPSA) is 102 Å². The van der Waals surface area contributed by atoms with Crippen LogP contribution in [0.5, 0.6) is 0 Å². The minimum absolute atomic E-state index is 0.0946. The Balaban J connectivity index is 1.50. The van der Waals surface area contributed by atoms with E-state index in [1.165, 1.54) is 12.8 Å². The number of aryl methyl sites for hydroxylation is 1. The molecule has 2 aliphatic rings. The van der Waals surface area contributed by atoms with Gasteiger partial charge >= 0.3 is 0 Å². The van der Waals surface area contributed by atoms with E-state index in [4.69, 9.17) is 4.74 Å². The standard InChI is InChI=1S/C28H33N7O2/c1-19-10-11-21-15-24(28(36)30-25(21)14-19)26(27-31-32-33-35(27)22-7-2-3-8-22)34(18-23-9-5-13-37-23)17-20-6-4-12-29-16-20/h4,6,10-12,14-16,22-23,26H,2-3,5,7-9,13,17-18H2,1H3,(H,30,36)/t23-,26+/m1/s1. The van der Waals surface area contributed by atoms with Gasteiger partial charge in [-0.3, -0.25) is 14.7 Å². The molecule has 0 radical (unpaired) electrons. The van der Waals surface area contributed by atoms with Crippen LogP contribution in [0.3, 0.4) is 0 Å². The largest absolute Gasteiger partial charge is 0.377 e. The lowest BCUT2D eigenvalue weighted by molar-refractivity contribution is 0.0569. The number of tetrazole rings is 1. The summed E-state index contributed by atoms with van der Waals surface area (Å²) in [6.45, 7) is 4.07. The number of fused-ring (bicyclic) bond motifs is 1. The molecular formula is C28H33N7O2. The van der Waals surface area contributed by atoms with Crippen LogP contribution in [0, 0.1) is 6.92 Å². The first-order chi connectivity index (χ1) is 18.2. The van der Waals surface area contributed by atoms with E-state index in [0.717, 1.165) is 54.3 Å². The number of ether oxygens (including phenoxy) is 1. The number of nitrogens with one attached hydrogen (secondary N) is 1. The Hall–Kier alpha value is -3.43. The Labute approximate surface area is 215 Å². The summed E-state index contributed by atoms with van der Waals surface area (Å²) >= 11 is 0. The molecule has 1 saturated heterocycles. The molecule has 0 spiro atoms. The van der Waals surface area contributed by atoms with Gasteiger partial charge in [-0.25, -0.2) is 4.68 Å². The van der Waals surface area contributed by atoms with Gasteiger partial charge in [-0.15, -0.1) is 5.10 Å².